The third kappa shape index (κ3) is 21.5. The molecule has 0 aliphatic heterocycles. The van der Waals surface area contributed by atoms with E-state index in [2.05, 4.69) is 12.0 Å². The van der Waals surface area contributed by atoms with Crippen LogP contribution in [0.25, 0.3) is 0 Å². The lowest BCUT2D eigenvalue weighted by atomic mass is 10.0. The highest BCUT2D eigenvalue weighted by atomic mass is 16.5. The predicted octanol–water partition coefficient (Wildman–Crippen LogP) is 8.06. The molecule has 5 heteroatoms. The van der Waals surface area contributed by atoms with Crippen LogP contribution in [0.2, 0.25) is 0 Å². The minimum Gasteiger partial charge on any atom is -0.270 e. The van der Waals surface area contributed by atoms with Gasteiger partial charge in [-0.05, 0) is 6.42 Å². The maximum atomic E-state index is 11.3. The van der Waals surface area contributed by atoms with Crippen molar-refractivity contribution in [1.82, 2.24) is 5.17 Å². The zero-order valence-electron chi connectivity index (χ0n) is 19.7. The van der Waals surface area contributed by atoms with Crippen LogP contribution in [0, 0.1) is 0 Å². The molecular weight excluding hydrogens is 376 g/mol. The summed E-state index contributed by atoms with van der Waals surface area (Å²) in [4.78, 5) is 21.3. The fraction of sp³-hybridized carbons (Fsp3) is 0.920. The summed E-state index contributed by atoms with van der Waals surface area (Å²) in [5, 5.41) is 12.0. The lowest BCUT2D eigenvalue weighted by Crippen LogP contribution is -2.20. The van der Waals surface area contributed by atoms with Gasteiger partial charge in [0.2, 0.25) is 0 Å². The van der Waals surface area contributed by atoms with Crippen molar-refractivity contribution < 1.29 is 14.8 Å². The molecule has 0 saturated carbocycles. The monoisotopic (exact) mass is 424 g/mol. The number of hydroxylamine groups is 1. The van der Waals surface area contributed by atoms with Crippen molar-refractivity contribution in [2.75, 3.05) is 0 Å². The highest BCUT2D eigenvalue weighted by molar-refractivity contribution is 5.74. The number of hydrazone groups is 1. The van der Waals surface area contributed by atoms with E-state index >= 15 is 0 Å². The standard InChI is InChI=1S/C25H48N2O3/c1-2-3-4-5-6-7-8-9-10-11-12-13-14-15-16-17-18-19-20-21-22-23-25(29)27(30)26-24-28/h30H,2-23H2,1H3. The maximum absolute atomic E-state index is 11.3. The molecule has 0 bridgehead atoms. The van der Waals surface area contributed by atoms with Crippen LogP contribution in [0.15, 0.2) is 5.10 Å². The average molecular weight is 425 g/mol. The number of nitrogens with zero attached hydrogens (tertiary/aromatic N) is 2. The molecule has 0 aromatic heterocycles. The lowest BCUT2D eigenvalue weighted by molar-refractivity contribution is -0.165. The van der Waals surface area contributed by atoms with E-state index in [0.717, 1.165) is 25.3 Å². The molecular formula is C25H48N2O3. The van der Waals surface area contributed by atoms with E-state index in [1.807, 2.05) is 0 Å². The Balaban J connectivity index is 3.13. The van der Waals surface area contributed by atoms with E-state index in [1.54, 1.807) is 0 Å². The Labute approximate surface area is 185 Å². The van der Waals surface area contributed by atoms with Crippen molar-refractivity contribution in [2.24, 2.45) is 5.10 Å². The van der Waals surface area contributed by atoms with Crippen molar-refractivity contribution in [2.45, 2.75) is 148 Å². The highest BCUT2D eigenvalue weighted by Crippen LogP contribution is 2.15. The second-order valence-corrected chi connectivity index (χ2v) is 8.70. The van der Waals surface area contributed by atoms with Crippen LogP contribution >= 0.6 is 0 Å². The summed E-state index contributed by atoms with van der Waals surface area (Å²) in [6.07, 6.45) is 29.2. The van der Waals surface area contributed by atoms with E-state index in [9.17, 15) is 9.59 Å². The summed E-state index contributed by atoms with van der Waals surface area (Å²) in [6, 6.07) is 0. The quantitative estimate of drug-likeness (QED) is 0.0592. The predicted molar refractivity (Wildman–Crippen MR) is 124 cm³/mol. The lowest BCUT2D eigenvalue weighted by Gasteiger charge is -2.06. The maximum Gasteiger partial charge on any atom is 0.269 e. The van der Waals surface area contributed by atoms with Gasteiger partial charge in [0.15, 0.2) is 0 Å². The Morgan fingerprint density at radius 2 is 0.933 bits per heavy atom. The first-order valence-corrected chi connectivity index (χ1v) is 12.8. The molecule has 0 heterocycles. The Bertz CT molecular complexity index is 423. The van der Waals surface area contributed by atoms with E-state index in [0.29, 0.717) is 0 Å². The van der Waals surface area contributed by atoms with Gasteiger partial charge in [0.25, 0.3) is 12.0 Å². The summed E-state index contributed by atoms with van der Waals surface area (Å²) < 4.78 is 0. The van der Waals surface area contributed by atoms with E-state index in [4.69, 9.17) is 5.21 Å². The average Bonchev–Trinajstić information content (AvgIpc) is 2.74. The van der Waals surface area contributed by atoms with Crippen LogP contribution in [0.5, 0.6) is 0 Å². The molecule has 0 aromatic carbocycles. The molecule has 5 nitrogen and oxygen atoms in total. The van der Waals surface area contributed by atoms with Gasteiger partial charge < -0.3 is 0 Å². The van der Waals surface area contributed by atoms with E-state index < -0.39 is 5.91 Å². The molecule has 30 heavy (non-hydrogen) atoms. The summed E-state index contributed by atoms with van der Waals surface area (Å²) >= 11 is 0. The van der Waals surface area contributed by atoms with Crippen LogP contribution in [-0.2, 0) is 9.59 Å². The van der Waals surface area contributed by atoms with Crippen molar-refractivity contribution in [3.05, 3.63) is 0 Å². The number of hydrogen-bond acceptors (Lipinski definition) is 4. The van der Waals surface area contributed by atoms with Crippen molar-refractivity contribution in [1.29, 1.82) is 0 Å². The fourth-order valence-corrected chi connectivity index (χ4v) is 3.90. The van der Waals surface area contributed by atoms with Gasteiger partial charge in [-0.2, -0.15) is 0 Å². The second kappa shape index (κ2) is 24.1. The molecule has 1 N–H and O–H groups in total. The van der Waals surface area contributed by atoms with Gasteiger partial charge in [-0.3, -0.25) is 10.0 Å². The molecule has 0 radical (unpaired) electrons. The third-order valence-corrected chi connectivity index (χ3v) is 5.85. The zero-order valence-corrected chi connectivity index (χ0v) is 19.7. The van der Waals surface area contributed by atoms with Gasteiger partial charge in [0, 0.05) is 6.42 Å². The van der Waals surface area contributed by atoms with Crippen LogP contribution in [-0.4, -0.2) is 22.4 Å². The number of carbonyl (C=O) groups is 1. The fourth-order valence-electron chi connectivity index (χ4n) is 3.90. The second-order valence-electron chi connectivity index (χ2n) is 8.70. The van der Waals surface area contributed by atoms with Crippen LogP contribution in [0.1, 0.15) is 148 Å². The summed E-state index contributed by atoms with van der Waals surface area (Å²) in [5.74, 6) is -0.545. The molecule has 0 aliphatic rings. The molecule has 1 amide bonds. The third-order valence-electron chi connectivity index (χ3n) is 5.85. The Hall–Kier alpha value is -1.19. The van der Waals surface area contributed by atoms with Crippen molar-refractivity contribution in [3.63, 3.8) is 0 Å². The first kappa shape index (κ1) is 28.8. The van der Waals surface area contributed by atoms with Crippen LogP contribution < -0.4 is 0 Å². The number of carbonyl (C=O) groups excluding carboxylic acids is 2. The van der Waals surface area contributed by atoms with Gasteiger partial charge in [-0.1, -0.05) is 146 Å². The SMILES string of the molecule is CCCCCCCCCCCCCCCCCCCCCCCC(=O)N(O)N=C=O. The zero-order chi connectivity index (χ0) is 22.1. The molecule has 0 fully saturated rings. The first-order chi connectivity index (χ1) is 14.7. The molecule has 0 spiro atoms. The van der Waals surface area contributed by atoms with Gasteiger partial charge >= 0.3 is 0 Å². The van der Waals surface area contributed by atoms with Gasteiger partial charge in [-0.15, -0.1) is 0 Å². The number of amides is 1. The number of unbranched alkanes of at least 4 members (excludes halogenated alkanes) is 20. The number of isocyanates is 1. The topological polar surface area (TPSA) is 70.0 Å². The van der Waals surface area contributed by atoms with Gasteiger partial charge in [0.1, 0.15) is 0 Å². The molecule has 0 atom stereocenters. The minimum absolute atomic E-state index is 0.0868. The van der Waals surface area contributed by atoms with Crippen LogP contribution in [0.4, 0.5) is 0 Å². The molecule has 0 saturated heterocycles. The largest absolute Gasteiger partial charge is 0.270 e. The Kier molecular flexibility index (Phi) is 23.1. The summed E-state index contributed by atoms with van der Waals surface area (Å²) in [7, 11) is 0. The molecule has 0 unspecified atom stereocenters. The minimum atomic E-state index is -0.545. The number of rotatable bonds is 23. The number of hydrogen-bond donors (Lipinski definition) is 1. The normalized spacial score (nSPS) is 10.7. The van der Waals surface area contributed by atoms with Crippen LogP contribution in [0.3, 0.4) is 0 Å². The first-order valence-electron chi connectivity index (χ1n) is 12.8. The van der Waals surface area contributed by atoms with Gasteiger partial charge in [0.05, 0.1) is 0 Å². The molecule has 176 valence electrons. The Morgan fingerprint density at radius 3 is 1.23 bits per heavy atom. The van der Waals surface area contributed by atoms with E-state index in [1.165, 1.54) is 116 Å². The van der Waals surface area contributed by atoms with Crippen molar-refractivity contribution >= 4 is 12.0 Å². The molecule has 0 aliphatic carbocycles. The smallest absolute Gasteiger partial charge is 0.269 e. The summed E-state index contributed by atoms with van der Waals surface area (Å²) in [6.45, 7) is 2.28. The highest BCUT2D eigenvalue weighted by Gasteiger charge is 2.08. The van der Waals surface area contributed by atoms with Crippen molar-refractivity contribution in [3.8, 4) is 0 Å². The summed E-state index contributed by atoms with van der Waals surface area (Å²) in [5.41, 5.74) is 0. The Morgan fingerprint density at radius 1 is 0.633 bits per heavy atom. The van der Waals surface area contributed by atoms with Gasteiger partial charge in [-0.25, -0.2) is 4.79 Å². The molecule has 0 rings (SSSR count). The molecule has 0 aromatic rings. The van der Waals surface area contributed by atoms with E-state index in [-0.39, 0.29) is 11.6 Å².